The Morgan fingerprint density at radius 2 is 2.56 bits per heavy atom. The van der Waals surface area contributed by atoms with E-state index in [0.717, 1.165) is 18.6 Å². The molecule has 0 aliphatic heterocycles. The summed E-state index contributed by atoms with van der Waals surface area (Å²) in [6.45, 7) is 0. The van der Waals surface area contributed by atoms with Crippen molar-refractivity contribution < 1.29 is 0 Å². The van der Waals surface area contributed by atoms with Crippen LogP contribution in [0.3, 0.4) is 0 Å². The van der Waals surface area contributed by atoms with Crippen LogP contribution in [0.4, 0.5) is 0 Å². The van der Waals surface area contributed by atoms with Crippen molar-refractivity contribution in [3.8, 4) is 0 Å². The predicted octanol–water partition coefficient (Wildman–Crippen LogP) is 1.70. The number of fused-ring (bicyclic) bond motifs is 1. The fraction of sp³-hybridized carbons (Fsp3) is 0.583. The van der Waals surface area contributed by atoms with E-state index in [1.54, 1.807) is 0 Å². The third-order valence-electron chi connectivity index (χ3n) is 3.33. The number of aromatic nitrogens is 1. The molecule has 4 heteroatoms. The van der Waals surface area contributed by atoms with Gasteiger partial charge in [-0.25, -0.2) is 0 Å². The number of pyridine rings is 1. The Labute approximate surface area is 101 Å². The highest BCUT2D eigenvalue weighted by Crippen LogP contribution is 2.34. The summed E-state index contributed by atoms with van der Waals surface area (Å²) in [5.74, 6) is 7.30. The second-order valence-corrected chi connectivity index (χ2v) is 5.23. The molecule has 3 N–H and O–H groups in total. The molecule has 1 aliphatic carbocycles. The fourth-order valence-electron chi connectivity index (χ4n) is 2.48. The summed E-state index contributed by atoms with van der Waals surface area (Å²) >= 11 is 1.87. The summed E-state index contributed by atoms with van der Waals surface area (Å²) in [7, 11) is 0. The monoisotopic (exact) mass is 237 g/mol. The number of hydrazine groups is 1. The SMILES string of the molecule is CSCCC(NN)C1CCc2cccnc21. The van der Waals surface area contributed by atoms with E-state index < -0.39 is 0 Å². The zero-order valence-electron chi connectivity index (χ0n) is 9.65. The van der Waals surface area contributed by atoms with Gasteiger partial charge in [0.2, 0.25) is 0 Å². The van der Waals surface area contributed by atoms with Gasteiger partial charge >= 0.3 is 0 Å². The minimum Gasteiger partial charge on any atom is -0.271 e. The van der Waals surface area contributed by atoms with Crippen LogP contribution in [0.15, 0.2) is 18.3 Å². The number of thioether (sulfide) groups is 1. The normalized spacial score (nSPS) is 20.8. The van der Waals surface area contributed by atoms with Crippen LogP contribution in [-0.4, -0.2) is 23.0 Å². The van der Waals surface area contributed by atoms with E-state index in [0.29, 0.717) is 12.0 Å². The lowest BCUT2D eigenvalue weighted by molar-refractivity contribution is 0.423. The molecule has 0 aromatic carbocycles. The number of nitrogens with zero attached hydrogens (tertiary/aromatic N) is 1. The maximum atomic E-state index is 5.66. The number of hydrogen-bond donors (Lipinski definition) is 2. The molecule has 2 unspecified atom stereocenters. The third-order valence-corrected chi connectivity index (χ3v) is 3.98. The van der Waals surface area contributed by atoms with Gasteiger partial charge in [0, 0.05) is 23.9 Å². The number of rotatable bonds is 5. The molecule has 0 saturated carbocycles. The van der Waals surface area contributed by atoms with Crippen molar-refractivity contribution in [3.05, 3.63) is 29.6 Å². The average Bonchev–Trinajstić information content (AvgIpc) is 2.75. The van der Waals surface area contributed by atoms with Gasteiger partial charge in [0.25, 0.3) is 0 Å². The Bertz CT molecular complexity index is 343. The highest BCUT2D eigenvalue weighted by Gasteiger charge is 2.29. The second kappa shape index (κ2) is 5.66. The molecule has 88 valence electrons. The number of nitrogens with two attached hydrogens (primary N) is 1. The molecule has 0 fully saturated rings. The van der Waals surface area contributed by atoms with Gasteiger partial charge in [0.15, 0.2) is 0 Å². The zero-order chi connectivity index (χ0) is 11.4. The average molecular weight is 237 g/mol. The largest absolute Gasteiger partial charge is 0.271 e. The maximum Gasteiger partial charge on any atom is 0.0482 e. The van der Waals surface area contributed by atoms with Crippen molar-refractivity contribution in [3.63, 3.8) is 0 Å². The Hall–Kier alpha value is -0.580. The van der Waals surface area contributed by atoms with E-state index in [2.05, 4.69) is 22.7 Å². The summed E-state index contributed by atoms with van der Waals surface area (Å²) in [6.07, 6.45) is 7.45. The minimum absolute atomic E-state index is 0.364. The van der Waals surface area contributed by atoms with Gasteiger partial charge in [0.1, 0.15) is 0 Å². The van der Waals surface area contributed by atoms with Crippen molar-refractivity contribution in [2.75, 3.05) is 12.0 Å². The standard InChI is InChI=1S/C12H19N3S/c1-16-8-6-11(15-13)10-5-4-9-3-2-7-14-12(9)10/h2-3,7,10-11,15H,4-6,8,13H2,1H3. The van der Waals surface area contributed by atoms with Crippen molar-refractivity contribution in [1.29, 1.82) is 0 Å². The number of aryl methyl sites for hydroxylation is 1. The van der Waals surface area contributed by atoms with Crippen LogP contribution in [0.5, 0.6) is 0 Å². The van der Waals surface area contributed by atoms with Crippen LogP contribution in [-0.2, 0) is 6.42 Å². The first-order chi connectivity index (χ1) is 7.86. The topological polar surface area (TPSA) is 50.9 Å². The van der Waals surface area contributed by atoms with Gasteiger partial charge in [-0.1, -0.05) is 6.07 Å². The summed E-state index contributed by atoms with van der Waals surface area (Å²) in [5, 5.41) is 0. The molecule has 2 rings (SSSR count). The summed E-state index contributed by atoms with van der Waals surface area (Å²) in [5.41, 5.74) is 5.62. The lowest BCUT2D eigenvalue weighted by Crippen LogP contribution is -2.39. The summed E-state index contributed by atoms with van der Waals surface area (Å²) in [4.78, 5) is 4.52. The second-order valence-electron chi connectivity index (χ2n) is 4.25. The van der Waals surface area contributed by atoms with Crippen LogP contribution < -0.4 is 11.3 Å². The van der Waals surface area contributed by atoms with Crippen LogP contribution in [0.1, 0.15) is 30.0 Å². The first-order valence-corrected chi connectivity index (χ1v) is 7.15. The van der Waals surface area contributed by atoms with Gasteiger partial charge < -0.3 is 0 Å². The third kappa shape index (κ3) is 2.39. The molecule has 3 nitrogen and oxygen atoms in total. The molecular formula is C12H19N3S. The van der Waals surface area contributed by atoms with E-state index in [1.165, 1.54) is 17.7 Å². The van der Waals surface area contributed by atoms with E-state index in [4.69, 9.17) is 5.84 Å². The highest BCUT2D eigenvalue weighted by molar-refractivity contribution is 7.98. The van der Waals surface area contributed by atoms with Crippen LogP contribution in [0.25, 0.3) is 0 Å². The van der Waals surface area contributed by atoms with Gasteiger partial charge in [-0.05, 0) is 42.9 Å². The zero-order valence-corrected chi connectivity index (χ0v) is 10.5. The smallest absolute Gasteiger partial charge is 0.0482 e. The first-order valence-electron chi connectivity index (χ1n) is 5.75. The molecule has 0 radical (unpaired) electrons. The van der Waals surface area contributed by atoms with E-state index in [9.17, 15) is 0 Å². The molecule has 2 atom stereocenters. The van der Waals surface area contributed by atoms with E-state index in [-0.39, 0.29) is 0 Å². The molecular weight excluding hydrogens is 218 g/mol. The lowest BCUT2D eigenvalue weighted by Gasteiger charge is -2.22. The molecule has 1 heterocycles. The quantitative estimate of drug-likeness (QED) is 0.604. The lowest BCUT2D eigenvalue weighted by atomic mass is 9.95. The summed E-state index contributed by atoms with van der Waals surface area (Å²) < 4.78 is 0. The van der Waals surface area contributed by atoms with Crippen molar-refractivity contribution >= 4 is 11.8 Å². The van der Waals surface area contributed by atoms with Crippen LogP contribution in [0.2, 0.25) is 0 Å². The molecule has 0 bridgehead atoms. The molecule has 1 aromatic rings. The van der Waals surface area contributed by atoms with Gasteiger partial charge in [-0.15, -0.1) is 0 Å². The number of nitrogens with one attached hydrogen (secondary N) is 1. The molecule has 1 aliphatic rings. The van der Waals surface area contributed by atoms with Gasteiger partial charge in [-0.2, -0.15) is 11.8 Å². The number of hydrogen-bond acceptors (Lipinski definition) is 4. The fourth-order valence-corrected chi connectivity index (χ4v) is 2.97. The first kappa shape index (κ1) is 11.9. The predicted molar refractivity (Wildman–Crippen MR) is 69.4 cm³/mol. The van der Waals surface area contributed by atoms with E-state index in [1.807, 2.05) is 24.0 Å². The van der Waals surface area contributed by atoms with Gasteiger partial charge in [-0.3, -0.25) is 16.3 Å². The maximum absolute atomic E-state index is 5.66. The van der Waals surface area contributed by atoms with Gasteiger partial charge in [0.05, 0.1) is 0 Å². The molecule has 0 spiro atoms. The van der Waals surface area contributed by atoms with Crippen molar-refractivity contribution in [2.24, 2.45) is 5.84 Å². The minimum atomic E-state index is 0.364. The Morgan fingerprint density at radius 3 is 3.31 bits per heavy atom. The van der Waals surface area contributed by atoms with E-state index >= 15 is 0 Å². The highest BCUT2D eigenvalue weighted by atomic mass is 32.2. The molecule has 16 heavy (non-hydrogen) atoms. The Morgan fingerprint density at radius 1 is 1.69 bits per heavy atom. The van der Waals surface area contributed by atoms with Crippen molar-refractivity contribution in [1.82, 2.24) is 10.4 Å². The van der Waals surface area contributed by atoms with Crippen LogP contribution >= 0.6 is 11.8 Å². The summed E-state index contributed by atoms with van der Waals surface area (Å²) in [6, 6.07) is 4.57. The van der Waals surface area contributed by atoms with Crippen molar-refractivity contribution in [2.45, 2.75) is 31.2 Å². The Kier molecular flexibility index (Phi) is 4.21. The molecule has 1 aromatic heterocycles. The van der Waals surface area contributed by atoms with Crippen LogP contribution in [0, 0.1) is 0 Å². The molecule has 0 saturated heterocycles. The molecule has 0 amide bonds. The Balaban J connectivity index is 2.10.